The third kappa shape index (κ3) is 4.74. The van der Waals surface area contributed by atoms with Crippen LogP contribution in [0, 0.1) is 0 Å². The highest BCUT2D eigenvalue weighted by atomic mass is 16.3. The molecule has 5 heteroatoms. The van der Waals surface area contributed by atoms with E-state index in [0.29, 0.717) is 18.5 Å². The minimum Gasteiger partial charge on any atom is -0.507 e. The highest BCUT2D eigenvalue weighted by molar-refractivity contribution is 5.76. The average Bonchev–Trinajstić information content (AvgIpc) is 2.38. The summed E-state index contributed by atoms with van der Waals surface area (Å²) in [5.41, 5.74) is 0.454. The molecule has 1 rings (SSSR count). The standard InChI is InChI=1S/C15H24N2O3/c1-4-10(2)17-14(20)8-9-16-11(3)15-12(18)6-5-7-13(15)19/h5-7,10-11,16,18-19H,4,8-9H2,1-3H3,(H,17,20). The maximum Gasteiger partial charge on any atom is 0.221 e. The maximum absolute atomic E-state index is 11.6. The van der Waals surface area contributed by atoms with Crippen molar-refractivity contribution in [2.45, 2.75) is 45.7 Å². The van der Waals surface area contributed by atoms with Gasteiger partial charge in [0.2, 0.25) is 5.91 Å². The van der Waals surface area contributed by atoms with Crippen molar-refractivity contribution < 1.29 is 15.0 Å². The molecule has 20 heavy (non-hydrogen) atoms. The second kappa shape index (κ2) is 7.75. The number of rotatable bonds is 7. The Morgan fingerprint density at radius 2 is 1.85 bits per heavy atom. The molecule has 2 atom stereocenters. The summed E-state index contributed by atoms with van der Waals surface area (Å²) in [4.78, 5) is 11.6. The molecule has 0 aliphatic carbocycles. The number of amides is 1. The highest BCUT2D eigenvalue weighted by Crippen LogP contribution is 2.31. The zero-order chi connectivity index (χ0) is 15.1. The molecule has 0 radical (unpaired) electrons. The normalized spacial score (nSPS) is 13.8. The van der Waals surface area contributed by atoms with Gasteiger partial charge >= 0.3 is 0 Å². The van der Waals surface area contributed by atoms with E-state index in [-0.39, 0.29) is 29.5 Å². The lowest BCUT2D eigenvalue weighted by atomic mass is 10.1. The summed E-state index contributed by atoms with van der Waals surface area (Å²) in [5, 5.41) is 25.5. The van der Waals surface area contributed by atoms with Gasteiger partial charge in [-0.05, 0) is 32.4 Å². The number of hydrogen-bond acceptors (Lipinski definition) is 4. The Morgan fingerprint density at radius 3 is 2.40 bits per heavy atom. The van der Waals surface area contributed by atoms with E-state index in [0.717, 1.165) is 6.42 Å². The smallest absolute Gasteiger partial charge is 0.221 e. The number of nitrogens with one attached hydrogen (secondary N) is 2. The topological polar surface area (TPSA) is 81.6 Å². The lowest BCUT2D eigenvalue weighted by molar-refractivity contribution is -0.121. The molecule has 0 aliphatic heterocycles. The first-order chi connectivity index (χ1) is 9.45. The minimum absolute atomic E-state index is 0.000514. The van der Waals surface area contributed by atoms with Crippen LogP contribution in [-0.2, 0) is 4.79 Å². The molecule has 1 aromatic rings. The summed E-state index contributed by atoms with van der Waals surface area (Å²) in [5.74, 6) is 0.101. The van der Waals surface area contributed by atoms with Crippen LogP contribution in [0.5, 0.6) is 11.5 Å². The van der Waals surface area contributed by atoms with Crippen molar-refractivity contribution in [3.05, 3.63) is 23.8 Å². The summed E-state index contributed by atoms with van der Waals surface area (Å²) in [6.45, 7) is 6.30. The molecule has 5 nitrogen and oxygen atoms in total. The van der Waals surface area contributed by atoms with E-state index in [9.17, 15) is 15.0 Å². The van der Waals surface area contributed by atoms with Gasteiger partial charge in [-0.2, -0.15) is 0 Å². The summed E-state index contributed by atoms with van der Waals surface area (Å²) in [7, 11) is 0. The van der Waals surface area contributed by atoms with Crippen molar-refractivity contribution in [1.29, 1.82) is 0 Å². The number of carbonyl (C=O) groups excluding carboxylic acids is 1. The summed E-state index contributed by atoms with van der Waals surface area (Å²) in [6, 6.07) is 4.60. The van der Waals surface area contributed by atoms with Gasteiger partial charge in [-0.25, -0.2) is 0 Å². The van der Waals surface area contributed by atoms with Gasteiger partial charge in [0, 0.05) is 25.0 Å². The Kier molecular flexibility index (Phi) is 6.31. The third-order valence-corrected chi connectivity index (χ3v) is 3.32. The largest absolute Gasteiger partial charge is 0.507 e. The van der Waals surface area contributed by atoms with E-state index in [1.54, 1.807) is 6.07 Å². The van der Waals surface area contributed by atoms with E-state index in [4.69, 9.17) is 0 Å². The van der Waals surface area contributed by atoms with Crippen LogP contribution in [0.1, 0.15) is 45.2 Å². The van der Waals surface area contributed by atoms with Crippen LogP contribution in [0.2, 0.25) is 0 Å². The second-order valence-electron chi connectivity index (χ2n) is 5.01. The molecule has 0 saturated carbocycles. The van der Waals surface area contributed by atoms with Gasteiger partial charge in [0.1, 0.15) is 11.5 Å². The lowest BCUT2D eigenvalue weighted by Crippen LogP contribution is -2.34. The SMILES string of the molecule is CCC(C)NC(=O)CCNC(C)c1c(O)cccc1O. The molecule has 112 valence electrons. The Morgan fingerprint density at radius 1 is 1.25 bits per heavy atom. The Hall–Kier alpha value is -1.75. The number of phenolic OH excluding ortho intramolecular Hbond substituents is 2. The van der Waals surface area contributed by atoms with Crippen molar-refractivity contribution >= 4 is 5.91 Å². The van der Waals surface area contributed by atoms with Crippen molar-refractivity contribution in [2.75, 3.05) is 6.54 Å². The molecular weight excluding hydrogens is 256 g/mol. The van der Waals surface area contributed by atoms with Crippen molar-refractivity contribution in [3.63, 3.8) is 0 Å². The maximum atomic E-state index is 11.6. The molecule has 0 heterocycles. The second-order valence-corrected chi connectivity index (χ2v) is 5.01. The highest BCUT2D eigenvalue weighted by Gasteiger charge is 2.14. The fourth-order valence-electron chi connectivity index (χ4n) is 1.94. The zero-order valence-electron chi connectivity index (χ0n) is 12.3. The molecule has 4 N–H and O–H groups in total. The number of phenols is 2. The first kappa shape index (κ1) is 16.3. The quantitative estimate of drug-likeness (QED) is 0.616. The molecule has 0 aromatic heterocycles. The van der Waals surface area contributed by atoms with E-state index in [1.807, 2.05) is 20.8 Å². The van der Waals surface area contributed by atoms with Crippen LogP contribution in [0.25, 0.3) is 0 Å². The molecule has 0 saturated heterocycles. The van der Waals surface area contributed by atoms with Crippen LogP contribution < -0.4 is 10.6 Å². The van der Waals surface area contributed by atoms with Gasteiger partial charge in [-0.3, -0.25) is 4.79 Å². The third-order valence-electron chi connectivity index (χ3n) is 3.32. The molecule has 0 spiro atoms. The predicted molar refractivity (Wildman–Crippen MR) is 78.7 cm³/mol. The fourth-order valence-corrected chi connectivity index (χ4v) is 1.94. The Bertz CT molecular complexity index is 428. The monoisotopic (exact) mass is 280 g/mol. The summed E-state index contributed by atoms with van der Waals surface area (Å²) in [6.07, 6.45) is 1.27. The van der Waals surface area contributed by atoms with E-state index >= 15 is 0 Å². The first-order valence-corrected chi connectivity index (χ1v) is 6.99. The summed E-state index contributed by atoms with van der Waals surface area (Å²) < 4.78 is 0. The van der Waals surface area contributed by atoms with E-state index in [2.05, 4.69) is 10.6 Å². The van der Waals surface area contributed by atoms with E-state index in [1.165, 1.54) is 12.1 Å². The number of aromatic hydroxyl groups is 2. The van der Waals surface area contributed by atoms with Crippen LogP contribution in [0.3, 0.4) is 0 Å². The number of hydrogen-bond donors (Lipinski definition) is 4. The van der Waals surface area contributed by atoms with Gasteiger partial charge in [0.25, 0.3) is 0 Å². The molecule has 1 aromatic carbocycles. The van der Waals surface area contributed by atoms with Crippen LogP contribution in [0.4, 0.5) is 0 Å². The average molecular weight is 280 g/mol. The minimum atomic E-state index is -0.229. The van der Waals surface area contributed by atoms with Gasteiger partial charge < -0.3 is 20.8 Å². The Balaban J connectivity index is 2.44. The lowest BCUT2D eigenvalue weighted by Gasteiger charge is -2.17. The zero-order valence-corrected chi connectivity index (χ0v) is 12.3. The van der Waals surface area contributed by atoms with Crippen molar-refractivity contribution in [1.82, 2.24) is 10.6 Å². The molecule has 0 aliphatic rings. The molecule has 0 fully saturated rings. The molecule has 2 unspecified atom stereocenters. The first-order valence-electron chi connectivity index (χ1n) is 6.99. The van der Waals surface area contributed by atoms with Crippen LogP contribution in [0.15, 0.2) is 18.2 Å². The fraction of sp³-hybridized carbons (Fsp3) is 0.533. The number of carbonyl (C=O) groups is 1. The van der Waals surface area contributed by atoms with E-state index < -0.39 is 0 Å². The summed E-state index contributed by atoms with van der Waals surface area (Å²) >= 11 is 0. The Labute approximate surface area is 120 Å². The van der Waals surface area contributed by atoms with Gasteiger partial charge in [-0.15, -0.1) is 0 Å². The van der Waals surface area contributed by atoms with Crippen molar-refractivity contribution in [3.8, 4) is 11.5 Å². The van der Waals surface area contributed by atoms with Crippen LogP contribution >= 0.6 is 0 Å². The number of benzene rings is 1. The molecular formula is C15H24N2O3. The van der Waals surface area contributed by atoms with Gasteiger partial charge in [0.15, 0.2) is 0 Å². The molecule has 0 bridgehead atoms. The van der Waals surface area contributed by atoms with Crippen molar-refractivity contribution in [2.24, 2.45) is 0 Å². The van der Waals surface area contributed by atoms with Crippen LogP contribution in [-0.4, -0.2) is 28.7 Å². The van der Waals surface area contributed by atoms with Gasteiger partial charge in [0.05, 0.1) is 5.56 Å². The van der Waals surface area contributed by atoms with Gasteiger partial charge in [-0.1, -0.05) is 13.0 Å². The molecule has 1 amide bonds. The predicted octanol–water partition coefficient (Wildman–Crippen LogP) is 2.05.